The van der Waals surface area contributed by atoms with Gasteiger partial charge in [-0.3, -0.25) is 4.98 Å². The molecular formula is C23H23F3N6O2S. The number of nitrogens with one attached hydrogen (secondary N) is 2. The summed E-state index contributed by atoms with van der Waals surface area (Å²) in [5, 5.41) is 5.46. The summed E-state index contributed by atoms with van der Waals surface area (Å²) < 4.78 is 53.5. The maximum absolute atomic E-state index is 13.0. The summed E-state index contributed by atoms with van der Waals surface area (Å²) in [4.78, 5) is 22.1. The molecule has 0 bridgehead atoms. The van der Waals surface area contributed by atoms with Crippen LogP contribution in [0.3, 0.4) is 0 Å². The number of anilines is 2. The van der Waals surface area contributed by atoms with Crippen molar-refractivity contribution in [2.45, 2.75) is 17.6 Å². The highest BCUT2D eigenvalue weighted by atomic mass is 32.2. The molecule has 3 heterocycles. The fraction of sp³-hybridized carbons (Fsp3) is 0.261. The van der Waals surface area contributed by atoms with Crippen LogP contribution in [0.2, 0.25) is 0 Å². The number of nitrogens with zero attached hydrogens (tertiary/aromatic N) is 4. The van der Waals surface area contributed by atoms with Crippen molar-refractivity contribution in [3.05, 3.63) is 78.2 Å². The van der Waals surface area contributed by atoms with Crippen molar-refractivity contribution >= 4 is 28.5 Å². The topological polar surface area (TPSA) is 90.5 Å². The first-order valence-electron chi connectivity index (χ1n) is 10.8. The van der Waals surface area contributed by atoms with Crippen LogP contribution in [0.25, 0.3) is 0 Å². The number of urea groups is 1. The van der Waals surface area contributed by atoms with Crippen LogP contribution in [0.1, 0.15) is 11.3 Å². The van der Waals surface area contributed by atoms with Gasteiger partial charge >= 0.3 is 12.2 Å². The number of carbonyl (C=O) groups is 1. The summed E-state index contributed by atoms with van der Waals surface area (Å²) in [7, 11) is -1.44. The molecule has 12 heteroatoms. The Balaban J connectivity index is 1.28. The van der Waals surface area contributed by atoms with E-state index < -0.39 is 22.9 Å². The van der Waals surface area contributed by atoms with Gasteiger partial charge in [0.2, 0.25) is 0 Å². The number of aromatic nitrogens is 2. The molecule has 1 aromatic carbocycles. The Morgan fingerprint density at radius 3 is 2.40 bits per heavy atom. The standard InChI is InChI=1S/C23H23F3N6O2S/c24-23(25,26)20-4-1-5-21(30-20)31-11-13-32(14-12-31)35(34)19-8-6-18(7-9-19)29-22(33)28-16-17-3-2-10-27-15-17/h1-10,15H,11-14,16H2,(H2,28,29,33). The quantitative estimate of drug-likeness (QED) is 0.535. The number of hydrogen-bond donors (Lipinski definition) is 2. The summed E-state index contributed by atoms with van der Waals surface area (Å²) in [6.07, 6.45) is -1.18. The summed E-state index contributed by atoms with van der Waals surface area (Å²) in [6, 6.07) is 13.8. The number of rotatable bonds is 6. The second-order valence-electron chi connectivity index (χ2n) is 7.74. The van der Waals surface area contributed by atoms with Crippen molar-refractivity contribution in [1.29, 1.82) is 0 Å². The normalized spacial score (nSPS) is 15.5. The van der Waals surface area contributed by atoms with Crippen LogP contribution in [0, 0.1) is 0 Å². The van der Waals surface area contributed by atoms with Crippen LogP contribution >= 0.6 is 0 Å². The van der Waals surface area contributed by atoms with Gasteiger partial charge in [0, 0.05) is 50.8 Å². The highest BCUT2D eigenvalue weighted by Gasteiger charge is 2.33. The molecule has 0 aliphatic carbocycles. The maximum Gasteiger partial charge on any atom is 0.433 e. The van der Waals surface area contributed by atoms with Crippen LogP contribution in [-0.4, -0.2) is 50.7 Å². The maximum atomic E-state index is 13.0. The Labute approximate surface area is 202 Å². The SMILES string of the molecule is O=C(NCc1cccnc1)Nc1ccc(S(=O)N2CCN(c3cccc(C(F)(F)F)n3)CC2)cc1. The third kappa shape index (κ3) is 6.55. The van der Waals surface area contributed by atoms with E-state index in [9.17, 15) is 22.2 Å². The first-order valence-corrected chi connectivity index (χ1v) is 11.9. The molecule has 1 atom stereocenters. The van der Waals surface area contributed by atoms with Crippen molar-refractivity contribution in [3.8, 4) is 0 Å². The molecule has 2 amide bonds. The summed E-state index contributed by atoms with van der Waals surface area (Å²) in [6.45, 7) is 1.94. The van der Waals surface area contributed by atoms with E-state index >= 15 is 0 Å². The molecule has 4 rings (SSSR count). The Kier molecular flexibility index (Phi) is 7.61. The number of benzene rings is 1. The molecule has 0 radical (unpaired) electrons. The lowest BCUT2D eigenvalue weighted by molar-refractivity contribution is -0.141. The van der Waals surface area contributed by atoms with E-state index in [1.54, 1.807) is 58.0 Å². The Hall–Kier alpha value is -3.51. The molecule has 1 aliphatic heterocycles. The number of pyridine rings is 2. The van der Waals surface area contributed by atoms with E-state index in [4.69, 9.17) is 0 Å². The molecule has 0 spiro atoms. The average molecular weight is 505 g/mol. The predicted octanol–water partition coefficient (Wildman–Crippen LogP) is 3.66. The lowest BCUT2D eigenvalue weighted by Crippen LogP contribution is -2.47. The third-order valence-corrected chi connectivity index (χ3v) is 6.82. The zero-order valence-corrected chi connectivity index (χ0v) is 19.4. The molecule has 1 saturated heterocycles. The summed E-state index contributed by atoms with van der Waals surface area (Å²) >= 11 is 0. The number of hydrogen-bond acceptors (Lipinski definition) is 5. The highest BCUT2D eigenvalue weighted by Crippen LogP contribution is 2.29. The summed E-state index contributed by atoms with van der Waals surface area (Å²) in [5.41, 5.74) is 0.493. The smallest absolute Gasteiger partial charge is 0.354 e. The highest BCUT2D eigenvalue weighted by molar-refractivity contribution is 7.82. The Morgan fingerprint density at radius 1 is 1.00 bits per heavy atom. The lowest BCUT2D eigenvalue weighted by Gasteiger charge is -2.34. The fourth-order valence-electron chi connectivity index (χ4n) is 3.50. The van der Waals surface area contributed by atoms with E-state index in [2.05, 4.69) is 20.6 Å². The van der Waals surface area contributed by atoms with E-state index in [1.165, 1.54) is 6.07 Å². The van der Waals surface area contributed by atoms with Gasteiger partial charge in [-0.25, -0.2) is 18.3 Å². The molecule has 1 aliphatic rings. The molecule has 8 nitrogen and oxygen atoms in total. The molecule has 184 valence electrons. The Morgan fingerprint density at radius 2 is 1.74 bits per heavy atom. The van der Waals surface area contributed by atoms with Gasteiger partial charge in [0.15, 0.2) is 0 Å². The van der Waals surface area contributed by atoms with Crippen LogP contribution in [0.4, 0.5) is 29.5 Å². The molecule has 2 N–H and O–H groups in total. The van der Waals surface area contributed by atoms with Gasteiger partial charge in [-0.05, 0) is 48.0 Å². The molecule has 35 heavy (non-hydrogen) atoms. The van der Waals surface area contributed by atoms with Crippen molar-refractivity contribution in [2.75, 3.05) is 36.4 Å². The first-order chi connectivity index (χ1) is 16.8. The largest absolute Gasteiger partial charge is 0.433 e. The minimum atomic E-state index is -4.50. The minimum Gasteiger partial charge on any atom is -0.354 e. The molecular weight excluding hydrogens is 481 g/mol. The third-order valence-electron chi connectivity index (χ3n) is 5.31. The molecule has 0 saturated carbocycles. The van der Waals surface area contributed by atoms with Gasteiger partial charge in [-0.1, -0.05) is 12.1 Å². The molecule has 1 fully saturated rings. The van der Waals surface area contributed by atoms with E-state index in [0.717, 1.165) is 11.6 Å². The monoisotopic (exact) mass is 504 g/mol. The van der Waals surface area contributed by atoms with Crippen LogP contribution < -0.4 is 15.5 Å². The van der Waals surface area contributed by atoms with Crippen molar-refractivity contribution in [2.24, 2.45) is 0 Å². The van der Waals surface area contributed by atoms with Crippen molar-refractivity contribution in [1.82, 2.24) is 19.6 Å². The van der Waals surface area contributed by atoms with Gasteiger partial charge in [0.05, 0.1) is 4.90 Å². The van der Waals surface area contributed by atoms with E-state index in [1.807, 2.05) is 6.07 Å². The second-order valence-corrected chi connectivity index (χ2v) is 9.22. The van der Waals surface area contributed by atoms with Gasteiger partial charge in [0.25, 0.3) is 0 Å². The number of carbonyl (C=O) groups excluding carboxylic acids is 1. The predicted molar refractivity (Wildman–Crippen MR) is 126 cm³/mol. The lowest BCUT2D eigenvalue weighted by atomic mass is 10.3. The zero-order valence-electron chi connectivity index (χ0n) is 18.5. The molecule has 1 unspecified atom stereocenters. The number of halogens is 3. The van der Waals surface area contributed by atoms with Gasteiger partial charge in [-0.15, -0.1) is 0 Å². The van der Waals surface area contributed by atoms with E-state index in [-0.39, 0.29) is 11.8 Å². The average Bonchev–Trinajstić information content (AvgIpc) is 2.88. The number of piperazine rings is 1. The number of alkyl halides is 3. The molecule has 2 aromatic heterocycles. The first kappa shape index (κ1) is 24.6. The minimum absolute atomic E-state index is 0.252. The number of amides is 2. The summed E-state index contributed by atoms with van der Waals surface area (Å²) in [5.74, 6) is 0.252. The van der Waals surface area contributed by atoms with Crippen molar-refractivity contribution in [3.63, 3.8) is 0 Å². The van der Waals surface area contributed by atoms with Gasteiger partial charge < -0.3 is 15.5 Å². The van der Waals surface area contributed by atoms with E-state index in [0.29, 0.717) is 43.3 Å². The van der Waals surface area contributed by atoms with Crippen LogP contribution in [0.15, 0.2) is 71.9 Å². The van der Waals surface area contributed by atoms with Gasteiger partial charge in [0.1, 0.15) is 22.5 Å². The second kappa shape index (κ2) is 10.8. The fourth-order valence-corrected chi connectivity index (χ4v) is 4.67. The van der Waals surface area contributed by atoms with Gasteiger partial charge in [-0.2, -0.15) is 13.2 Å². The Bertz CT molecular complexity index is 1170. The zero-order chi connectivity index (χ0) is 24.8. The molecule has 3 aromatic rings. The van der Waals surface area contributed by atoms with Crippen LogP contribution in [0.5, 0.6) is 0 Å². The van der Waals surface area contributed by atoms with Crippen molar-refractivity contribution < 1.29 is 22.2 Å². The van der Waals surface area contributed by atoms with Crippen LogP contribution in [-0.2, 0) is 23.7 Å².